The van der Waals surface area contributed by atoms with Crippen molar-refractivity contribution in [2.75, 3.05) is 0 Å². The molecule has 3 nitrogen and oxygen atoms in total. The summed E-state index contributed by atoms with van der Waals surface area (Å²) in [6, 6.07) is 7.96. The number of benzene rings is 1. The third-order valence-corrected chi connectivity index (χ3v) is 3.15. The predicted octanol–water partition coefficient (Wildman–Crippen LogP) is 2.11. The SMILES string of the molecule is CC(C)(C)c1ccc(C2CC(=O)NC2=O)cc1. The first-order valence-corrected chi connectivity index (χ1v) is 5.82. The standard InChI is InChI=1S/C14H17NO2/c1-14(2,3)10-6-4-9(5-7-10)11-8-12(16)15-13(11)17/h4-7,11H,8H2,1-3H3,(H,15,16,17). The molecular weight excluding hydrogens is 214 g/mol. The predicted molar refractivity (Wildman–Crippen MR) is 65.6 cm³/mol. The van der Waals surface area contributed by atoms with Crippen LogP contribution in [0.3, 0.4) is 0 Å². The number of hydrogen-bond acceptors (Lipinski definition) is 2. The van der Waals surface area contributed by atoms with Crippen LogP contribution < -0.4 is 5.32 Å². The van der Waals surface area contributed by atoms with E-state index in [1.165, 1.54) is 5.56 Å². The highest BCUT2D eigenvalue weighted by atomic mass is 16.2. The third-order valence-electron chi connectivity index (χ3n) is 3.15. The highest BCUT2D eigenvalue weighted by molar-refractivity contribution is 6.06. The molecule has 1 aromatic carbocycles. The van der Waals surface area contributed by atoms with Crippen LogP contribution in [-0.4, -0.2) is 11.8 Å². The van der Waals surface area contributed by atoms with Gasteiger partial charge in [-0.2, -0.15) is 0 Å². The van der Waals surface area contributed by atoms with Crippen molar-refractivity contribution in [3.8, 4) is 0 Å². The number of hydrogen-bond donors (Lipinski definition) is 1. The van der Waals surface area contributed by atoms with Crippen LogP contribution >= 0.6 is 0 Å². The van der Waals surface area contributed by atoms with Crippen LogP contribution in [0.2, 0.25) is 0 Å². The van der Waals surface area contributed by atoms with Crippen molar-refractivity contribution in [1.82, 2.24) is 5.32 Å². The lowest BCUT2D eigenvalue weighted by Crippen LogP contribution is -2.21. The fourth-order valence-electron chi connectivity index (χ4n) is 2.04. The summed E-state index contributed by atoms with van der Waals surface area (Å²) in [7, 11) is 0. The molecule has 0 radical (unpaired) electrons. The lowest BCUT2D eigenvalue weighted by Gasteiger charge is -2.19. The van der Waals surface area contributed by atoms with Crippen LogP contribution in [-0.2, 0) is 15.0 Å². The normalized spacial score (nSPS) is 20.5. The Kier molecular flexibility index (Phi) is 2.77. The zero-order valence-corrected chi connectivity index (χ0v) is 10.4. The van der Waals surface area contributed by atoms with E-state index in [0.717, 1.165) is 5.56 Å². The molecule has 0 spiro atoms. The number of amides is 2. The molecule has 0 bridgehead atoms. The second kappa shape index (κ2) is 3.99. The van der Waals surface area contributed by atoms with Crippen molar-refractivity contribution in [3.63, 3.8) is 0 Å². The van der Waals surface area contributed by atoms with Gasteiger partial charge in [-0.3, -0.25) is 14.9 Å². The summed E-state index contributed by atoms with van der Waals surface area (Å²) in [5.41, 5.74) is 2.25. The topological polar surface area (TPSA) is 46.2 Å². The van der Waals surface area contributed by atoms with Crippen molar-refractivity contribution in [1.29, 1.82) is 0 Å². The number of nitrogens with one attached hydrogen (secondary N) is 1. The molecule has 1 heterocycles. The van der Waals surface area contributed by atoms with Gasteiger partial charge in [0.25, 0.3) is 0 Å². The van der Waals surface area contributed by atoms with Crippen molar-refractivity contribution >= 4 is 11.8 Å². The fraction of sp³-hybridized carbons (Fsp3) is 0.429. The molecule has 2 rings (SSSR count). The van der Waals surface area contributed by atoms with Crippen LogP contribution in [0, 0.1) is 0 Å². The minimum Gasteiger partial charge on any atom is -0.296 e. The largest absolute Gasteiger partial charge is 0.296 e. The number of carbonyl (C=O) groups is 2. The van der Waals surface area contributed by atoms with E-state index in [1.54, 1.807) is 0 Å². The molecule has 1 N–H and O–H groups in total. The third kappa shape index (κ3) is 2.38. The maximum atomic E-state index is 11.5. The van der Waals surface area contributed by atoms with Gasteiger partial charge in [0, 0.05) is 6.42 Å². The smallest absolute Gasteiger partial charge is 0.234 e. The van der Waals surface area contributed by atoms with Crippen LogP contribution in [0.1, 0.15) is 44.2 Å². The van der Waals surface area contributed by atoms with Crippen molar-refractivity contribution in [2.45, 2.75) is 38.5 Å². The second-order valence-electron chi connectivity index (χ2n) is 5.54. The highest BCUT2D eigenvalue weighted by Gasteiger charge is 2.31. The first-order chi connectivity index (χ1) is 7.88. The molecule has 0 aliphatic carbocycles. The molecule has 2 amide bonds. The van der Waals surface area contributed by atoms with E-state index in [-0.39, 0.29) is 29.6 Å². The van der Waals surface area contributed by atoms with Gasteiger partial charge >= 0.3 is 0 Å². The van der Waals surface area contributed by atoms with E-state index >= 15 is 0 Å². The molecule has 0 aromatic heterocycles. The van der Waals surface area contributed by atoms with E-state index < -0.39 is 0 Å². The van der Waals surface area contributed by atoms with Crippen LogP contribution in [0.4, 0.5) is 0 Å². The van der Waals surface area contributed by atoms with Crippen LogP contribution in [0.25, 0.3) is 0 Å². The van der Waals surface area contributed by atoms with E-state index in [9.17, 15) is 9.59 Å². The van der Waals surface area contributed by atoms with E-state index in [1.807, 2.05) is 24.3 Å². The van der Waals surface area contributed by atoms with Crippen LogP contribution in [0.5, 0.6) is 0 Å². The summed E-state index contributed by atoms with van der Waals surface area (Å²) < 4.78 is 0. The summed E-state index contributed by atoms with van der Waals surface area (Å²) in [5, 5.41) is 2.33. The van der Waals surface area contributed by atoms with Gasteiger partial charge in [-0.1, -0.05) is 45.0 Å². The Morgan fingerprint density at radius 1 is 1.12 bits per heavy atom. The summed E-state index contributed by atoms with van der Waals surface area (Å²) >= 11 is 0. The molecule has 1 saturated heterocycles. The Bertz CT molecular complexity index is 454. The Morgan fingerprint density at radius 3 is 2.12 bits per heavy atom. The van der Waals surface area contributed by atoms with Gasteiger partial charge in [-0.15, -0.1) is 0 Å². The summed E-state index contributed by atoms with van der Waals surface area (Å²) in [4.78, 5) is 22.7. The number of imide groups is 1. The molecule has 1 aromatic rings. The van der Waals surface area contributed by atoms with Crippen molar-refractivity contribution < 1.29 is 9.59 Å². The van der Waals surface area contributed by atoms with Crippen LogP contribution in [0.15, 0.2) is 24.3 Å². The maximum absolute atomic E-state index is 11.5. The lowest BCUT2D eigenvalue weighted by molar-refractivity contribution is -0.125. The molecular formula is C14H17NO2. The zero-order chi connectivity index (χ0) is 12.6. The van der Waals surface area contributed by atoms with E-state index in [4.69, 9.17) is 0 Å². The Balaban J connectivity index is 2.24. The molecule has 3 heteroatoms. The average Bonchev–Trinajstić information content (AvgIpc) is 2.57. The molecule has 17 heavy (non-hydrogen) atoms. The Labute approximate surface area is 101 Å². The van der Waals surface area contributed by atoms with Gasteiger partial charge in [0.2, 0.25) is 11.8 Å². The molecule has 1 aliphatic rings. The monoisotopic (exact) mass is 231 g/mol. The lowest BCUT2D eigenvalue weighted by atomic mass is 9.85. The minimum atomic E-state index is -0.309. The number of rotatable bonds is 1. The molecule has 0 saturated carbocycles. The van der Waals surface area contributed by atoms with E-state index in [0.29, 0.717) is 0 Å². The summed E-state index contributed by atoms with van der Waals surface area (Å²) in [6.07, 6.45) is 0.272. The average molecular weight is 231 g/mol. The van der Waals surface area contributed by atoms with Gasteiger partial charge in [0.15, 0.2) is 0 Å². The van der Waals surface area contributed by atoms with Gasteiger partial charge in [0.05, 0.1) is 5.92 Å². The molecule has 1 atom stereocenters. The molecule has 90 valence electrons. The molecule has 1 aliphatic heterocycles. The maximum Gasteiger partial charge on any atom is 0.234 e. The Hall–Kier alpha value is -1.64. The zero-order valence-electron chi connectivity index (χ0n) is 10.4. The first kappa shape index (κ1) is 11.8. The summed E-state index contributed by atoms with van der Waals surface area (Å²) in [6.45, 7) is 6.44. The number of carbonyl (C=O) groups excluding carboxylic acids is 2. The van der Waals surface area contributed by atoms with Gasteiger partial charge < -0.3 is 0 Å². The Morgan fingerprint density at radius 2 is 1.71 bits per heavy atom. The minimum absolute atomic E-state index is 0.103. The second-order valence-corrected chi connectivity index (χ2v) is 5.54. The summed E-state index contributed by atoms with van der Waals surface area (Å²) in [5.74, 6) is -0.671. The van der Waals surface area contributed by atoms with Gasteiger partial charge in [-0.05, 0) is 16.5 Å². The molecule has 1 fully saturated rings. The first-order valence-electron chi connectivity index (χ1n) is 5.82. The van der Waals surface area contributed by atoms with Crippen molar-refractivity contribution in [2.24, 2.45) is 0 Å². The highest BCUT2D eigenvalue weighted by Crippen LogP contribution is 2.27. The van der Waals surface area contributed by atoms with Gasteiger partial charge in [-0.25, -0.2) is 0 Å². The molecule has 1 unspecified atom stereocenters. The van der Waals surface area contributed by atoms with E-state index in [2.05, 4.69) is 26.1 Å². The quantitative estimate of drug-likeness (QED) is 0.752. The fourth-order valence-corrected chi connectivity index (χ4v) is 2.04. The van der Waals surface area contributed by atoms with Gasteiger partial charge in [0.1, 0.15) is 0 Å². The van der Waals surface area contributed by atoms with Crippen molar-refractivity contribution in [3.05, 3.63) is 35.4 Å².